The number of ether oxygens (including phenoxy) is 2. The number of carboxylic acids is 2. The van der Waals surface area contributed by atoms with Crippen LogP contribution in [0.4, 0.5) is 0 Å². The Hall–Kier alpha value is -5.24. The van der Waals surface area contributed by atoms with E-state index in [0.717, 1.165) is 0 Å². The van der Waals surface area contributed by atoms with Crippen molar-refractivity contribution in [1.29, 1.82) is 0 Å². The van der Waals surface area contributed by atoms with Gasteiger partial charge in [-0.05, 0) is 37.1 Å². The second kappa shape index (κ2) is 24.8. The van der Waals surface area contributed by atoms with Crippen LogP contribution in [0, 0.1) is 10.8 Å². The molecule has 0 aliphatic carbocycles. The lowest BCUT2D eigenvalue weighted by Gasteiger charge is -2.43. The number of unbranched alkanes of at least 4 members (excludes halogenated alkanes) is 1. The molecule has 290 valence electrons. The minimum Gasteiger partial charge on any atom is -0.481 e. The lowest BCUT2D eigenvalue weighted by atomic mass is 9.68. The number of carbonyl (C=O) groups is 8. The average Bonchev–Trinajstić information content (AvgIpc) is 3.15. The Morgan fingerprint density at radius 2 is 0.635 bits per heavy atom. The summed E-state index contributed by atoms with van der Waals surface area (Å²) in [6.45, 7) is 13.0. The first kappa shape index (κ1) is 51.1. The molecule has 0 aromatic heterocycles. The number of carboxylic acid groups (broad SMARTS) is 2. The molecule has 0 saturated heterocycles. The molecule has 0 atom stereocenters. The summed E-state index contributed by atoms with van der Waals surface area (Å²) >= 11 is 0. The van der Waals surface area contributed by atoms with Crippen LogP contribution in [0.15, 0.2) is 75.9 Å². The van der Waals surface area contributed by atoms with Crippen LogP contribution >= 0.6 is 0 Å². The van der Waals surface area contributed by atoms with Crippen LogP contribution in [0.1, 0.15) is 25.7 Å². The maximum absolute atomic E-state index is 12.2. The summed E-state index contributed by atoms with van der Waals surface area (Å²) in [5, 5.41) is 73.1. The highest BCUT2D eigenvalue weighted by Crippen LogP contribution is 2.38. The third-order valence-corrected chi connectivity index (χ3v) is 7.31. The number of hydrogen-bond acceptors (Lipinski definition) is 16. The first-order valence-corrected chi connectivity index (χ1v) is 14.8. The van der Waals surface area contributed by atoms with Gasteiger partial charge in [0.2, 0.25) is 34.3 Å². The molecule has 0 unspecified atom stereocenters. The van der Waals surface area contributed by atoms with Crippen molar-refractivity contribution in [3.8, 4) is 0 Å². The molecule has 0 radical (unpaired) electrons. The van der Waals surface area contributed by atoms with Crippen molar-refractivity contribution in [2.75, 3.05) is 39.6 Å². The van der Waals surface area contributed by atoms with Crippen LogP contribution in [0.3, 0.4) is 0 Å². The number of rotatable bonds is 25. The monoisotopic (exact) mass is 742 g/mol. The van der Waals surface area contributed by atoms with Gasteiger partial charge in [0.25, 0.3) is 0 Å². The summed E-state index contributed by atoms with van der Waals surface area (Å²) in [7, 11) is 0. The number of carbonyl (C=O) groups excluding carboxylic acids is 6. The molecule has 52 heavy (non-hydrogen) atoms. The van der Waals surface area contributed by atoms with Crippen molar-refractivity contribution in [2.24, 2.45) is 10.8 Å². The zero-order valence-corrected chi connectivity index (χ0v) is 28.4. The minimum absolute atomic E-state index is 0.0628. The number of aliphatic hydroxyl groups excluding tert-OH is 6. The van der Waals surface area contributed by atoms with E-state index in [-0.39, 0.29) is 12.8 Å². The second-order valence-corrected chi connectivity index (χ2v) is 10.4. The van der Waals surface area contributed by atoms with E-state index in [1.165, 1.54) is 0 Å². The highest BCUT2D eigenvalue weighted by atomic mass is 16.6. The molecule has 0 aliphatic rings. The molecular formula is C34H46O18. The largest absolute Gasteiger partial charge is 0.481 e. The predicted octanol–water partition coefficient (Wildman–Crippen LogP) is -1.43. The second-order valence-electron chi connectivity index (χ2n) is 10.4. The van der Waals surface area contributed by atoms with E-state index < -0.39 is 109 Å². The molecular weight excluding hydrogens is 696 g/mol. The molecule has 0 aliphatic heterocycles. The van der Waals surface area contributed by atoms with Crippen LogP contribution in [-0.4, -0.2) is 139 Å². The highest BCUT2D eigenvalue weighted by molar-refractivity contribution is 6.21. The molecule has 0 heterocycles. The molecule has 8 N–H and O–H groups in total. The summed E-state index contributed by atoms with van der Waals surface area (Å²) in [6, 6.07) is 0. The fourth-order valence-corrected chi connectivity index (χ4v) is 4.19. The molecule has 0 rings (SSSR count). The fourth-order valence-electron chi connectivity index (χ4n) is 4.19. The van der Waals surface area contributed by atoms with Gasteiger partial charge in [-0.25, -0.2) is 9.59 Å². The van der Waals surface area contributed by atoms with Crippen LogP contribution in [0.2, 0.25) is 0 Å². The standard InChI is InChI=1S/2C14H18O7.C6H10O4/c2*1-4-10(18)14(11(19)5-2,21-12(20)6-3)13(7-15,8-16)9-17;7-5(8)3-1-2-4-6(9)10/h2*4-6,15-17H,1-3,7-9H2;1-4H2,(H,7,8)(H,9,10). The zero-order chi connectivity index (χ0) is 41.3. The first-order chi connectivity index (χ1) is 24.3. The third-order valence-electron chi connectivity index (χ3n) is 7.31. The van der Waals surface area contributed by atoms with Crippen molar-refractivity contribution in [2.45, 2.75) is 36.9 Å². The Kier molecular flexibility index (Phi) is 24.4. The van der Waals surface area contributed by atoms with Gasteiger partial charge < -0.3 is 50.3 Å². The molecule has 0 bridgehead atoms. The Labute approximate surface area is 299 Å². The van der Waals surface area contributed by atoms with E-state index in [0.29, 0.717) is 49.3 Å². The summed E-state index contributed by atoms with van der Waals surface area (Å²) in [6.07, 6.45) is 5.16. The van der Waals surface area contributed by atoms with E-state index in [4.69, 9.17) is 19.7 Å². The molecule has 0 saturated carbocycles. The number of ketones is 4. The maximum atomic E-state index is 12.2. The Balaban J connectivity index is -0.000000737. The van der Waals surface area contributed by atoms with Crippen LogP contribution in [-0.2, 0) is 47.8 Å². The smallest absolute Gasteiger partial charge is 0.331 e. The fraction of sp³-hybridized carbons (Fsp3) is 0.412. The molecule has 0 fully saturated rings. The van der Waals surface area contributed by atoms with Gasteiger partial charge in [0, 0.05) is 25.0 Å². The van der Waals surface area contributed by atoms with Crippen LogP contribution in [0.25, 0.3) is 0 Å². The Bertz CT molecular complexity index is 1190. The number of hydrogen-bond donors (Lipinski definition) is 8. The van der Waals surface area contributed by atoms with Gasteiger partial charge >= 0.3 is 23.9 Å². The zero-order valence-electron chi connectivity index (χ0n) is 28.4. The van der Waals surface area contributed by atoms with E-state index in [1.807, 2.05) is 0 Å². The molecule has 18 heteroatoms. The van der Waals surface area contributed by atoms with E-state index in [1.54, 1.807) is 0 Å². The van der Waals surface area contributed by atoms with Gasteiger partial charge in [-0.3, -0.25) is 28.8 Å². The summed E-state index contributed by atoms with van der Waals surface area (Å²) < 4.78 is 9.70. The summed E-state index contributed by atoms with van der Waals surface area (Å²) in [5.74, 6) is -8.49. The Morgan fingerprint density at radius 1 is 0.423 bits per heavy atom. The summed E-state index contributed by atoms with van der Waals surface area (Å²) in [5.41, 5.74) is -9.66. The van der Waals surface area contributed by atoms with Crippen molar-refractivity contribution < 1.29 is 88.7 Å². The minimum atomic E-state index is -2.68. The van der Waals surface area contributed by atoms with Gasteiger partial charge in [0.1, 0.15) is 0 Å². The van der Waals surface area contributed by atoms with Gasteiger partial charge in [0.05, 0.1) is 50.5 Å². The lowest BCUT2D eigenvalue weighted by molar-refractivity contribution is -0.195. The number of esters is 2. The molecule has 0 amide bonds. The van der Waals surface area contributed by atoms with Crippen molar-refractivity contribution in [3.05, 3.63) is 75.9 Å². The normalized spacial score (nSPS) is 11.0. The van der Waals surface area contributed by atoms with Crippen molar-refractivity contribution in [3.63, 3.8) is 0 Å². The van der Waals surface area contributed by atoms with Gasteiger partial charge in [-0.1, -0.05) is 39.5 Å². The van der Waals surface area contributed by atoms with Gasteiger partial charge in [0.15, 0.2) is 0 Å². The first-order valence-electron chi connectivity index (χ1n) is 14.8. The average molecular weight is 743 g/mol. The quantitative estimate of drug-likeness (QED) is 0.0230. The van der Waals surface area contributed by atoms with E-state index >= 15 is 0 Å². The van der Waals surface area contributed by atoms with Crippen LogP contribution < -0.4 is 0 Å². The molecule has 18 nitrogen and oxygen atoms in total. The maximum Gasteiger partial charge on any atom is 0.331 e. The van der Waals surface area contributed by atoms with Crippen LogP contribution in [0.5, 0.6) is 0 Å². The summed E-state index contributed by atoms with van der Waals surface area (Å²) in [4.78, 5) is 91.5. The lowest BCUT2D eigenvalue weighted by Crippen LogP contribution is -2.66. The number of aliphatic hydroxyl groups is 6. The predicted molar refractivity (Wildman–Crippen MR) is 180 cm³/mol. The van der Waals surface area contributed by atoms with Gasteiger partial charge in [-0.15, -0.1) is 0 Å². The Morgan fingerprint density at radius 3 is 0.769 bits per heavy atom. The number of aliphatic carboxylic acids is 2. The van der Waals surface area contributed by atoms with Crippen molar-refractivity contribution in [1.82, 2.24) is 0 Å². The van der Waals surface area contributed by atoms with Gasteiger partial charge in [-0.2, -0.15) is 0 Å². The SMILES string of the molecule is C=CC(=O)OC(C(=O)C=C)(C(=O)C=C)C(CO)(CO)CO.C=CC(=O)OC(C(=O)C=C)(C(=O)C=C)C(CO)(CO)CO.O=C(O)CCCCC(=O)O. The topological polar surface area (TPSA) is 317 Å². The van der Waals surface area contributed by atoms with Crippen molar-refractivity contribution >= 4 is 47.0 Å². The molecule has 0 aromatic carbocycles. The van der Waals surface area contributed by atoms with E-state index in [9.17, 15) is 69.0 Å². The molecule has 0 aromatic rings. The third kappa shape index (κ3) is 12.2. The molecule has 0 spiro atoms. The van der Waals surface area contributed by atoms with E-state index in [2.05, 4.69) is 39.5 Å². The highest BCUT2D eigenvalue weighted by Gasteiger charge is 2.63.